The van der Waals surface area contributed by atoms with E-state index in [0.29, 0.717) is 17.7 Å². The first kappa shape index (κ1) is 30.2. The number of carbonyl (C=O) groups excluding carboxylic acids is 1. The number of aromatic nitrogens is 3. The number of hydrogen-bond acceptors (Lipinski definition) is 5. The minimum atomic E-state index is -4.68. The van der Waals surface area contributed by atoms with E-state index in [2.05, 4.69) is 9.97 Å². The minimum absolute atomic E-state index is 0.00663. The highest BCUT2D eigenvalue weighted by Crippen LogP contribution is 2.36. The maximum Gasteiger partial charge on any atom is 0.466 e. The molecule has 5 N–H and O–H groups in total. The van der Waals surface area contributed by atoms with Gasteiger partial charge in [0.05, 0.1) is 17.9 Å². The molecule has 0 bridgehead atoms. The first-order valence-electron chi connectivity index (χ1n) is 11.1. The second-order valence-electron chi connectivity index (χ2n) is 8.47. The fraction of sp³-hybridized carbons (Fsp3) is 0.318. The van der Waals surface area contributed by atoms with Gasteiger partial charge in [-0.1, -0.05) is 0 Å². The third-order valence-electron chi connectivity index (χ3n) is 5.57. The van der Waals surface area contributed by atoms with Crippen LogP contribution in [0.1, 0.15) is 23.5 Å². The highest BCUT2D eigenvalue weighted by molar-refractivity contribution is 7.45. The van der Waals surface area contributed by atoms with Crippen molar-refractivity contribution in [1.82, 2.24) is 19.4 Å². The average Bonchev–Trinajstić information content (AvgIpc) is 3.21. The first-order chi connectivity index (χ1) is 18.0. The molecule has 0 spiro atoms. The molecule has 0 unspecified atom stereocenters. The molecule has 212 valence electrons. The van der Waals surface area contributed by atoms with Gasteiger partial charge in [0.25, 0.3) is 0 Å². The molecular formula is C22H22F6N5O5P. The molecule has 1 aliphatic heterocycles. The summed E-state index contributed by atoms with van der Waals surface area (Å²) in [5.74, 6) is -5.06. The number of pyridine rings is 1. The van der Waals surface area contributed by atoms with Crippen LogP contribution in [0.5, 0.6) is 0 Å². The molecule has 39 heavy (non-hydrogen) atoms. The van der Waals surface area contributed by atoms with E-state index in [1.54, 1.807) is 0 Å². The molecule has 1 atom stereocenters. The van der Waals surface area contributed by atoms with E-state index in [0.717, 1.165) is 4.57 Å². The second kappa shape index (κ2) is 11.8. The lowest BCUT2D eigenvalue weighted by Crippen LogP contribution is -2.42. The van der Waals surface area contributed by atoms with E-state index in [4.69, 9.17) is 25.0 Å². The molecule has 0 fully saturated rings. The minimum Gasteiger partial charge on any atom is -0.335 e. The van der Waals surface area contributed by atoms with Crippen molar-refractivity contribution in [2.45, 2.75) is 38.1 Å². The Balaban J connectivity index is 0.000000771. The molecule has 1 aliphatic rings. The van der Waals surface area contributed by atoms with Crippen molar-refractivity contribution >= 4 is 13.7 Å². The number of halogens is 6. The predicted molar refractivity (Wildman–Crippen MR) is 123 cm³/mol. The molecule has 10 nitrogen and oxygen atoms in total. The fourth-order valence-corrected chi connectivity index (χ4v) is 3.97. The molecule has 4 rings (SSSR count). The van der Waals surface area contributed by atoms with Crippen LogP contribution in [0.2, 0.25) is 0 Å². The van der Waals surface area contributed by atoms with Crippen molar-refractivity contribution in [2.75, 3.05) is 6.54 Å². The molecule has 0 saturated heterocycles. The number of amides is 1. The molecular weight excluding hydrogens is 559 g/mol. The Morgan fingerprint density at radius 1 is 1.05 bits per heavy atom. The largest absolute Gasteiger partial charge is 0.466 e. The molecule has 0 aliphatic carbocycles. The van der Waals surface area contributed by atoms with Crippen LogP contribution in [0.15, 0.2) is 36.7 Å². The summed E-state index contributed by atoms with van der Waals surface area (Å²) in [5.41, 5.74) is 6.51. The molecule has 0 radical (unpaired) electrons. The fourth-order valence-electron chi connectivity index (χ4n) is 3.97. The van der Waals surface area contributed by atoms with E-state index >= 15 is 0 Å². The quantitative estimate of drug-likeness (QED) is 0.204. The third-order valence-corrected chi connectivity index (χ3v) is 5.57. The van der Waals surface area contributed by atoms with Gasteiger partial charge in [-0.3, -0.25) is 9.78 Å². The van der Waals surface area contributed by atoms with Crippen LogP contribution in [0, 0.1) is 17.5 Å². The SMILES string of the molecule is N[C@@H](CC(=O)N1CCn2c(C(F)(F)F)nc(-c3ccncc3)c2C1)Cc1cc(F)c(F)cc1F.O=P(O)(O)O. The Kier molecular flexibility index (Phi) is 9.18. The lowest BCUT2D eigenvalue weighted by atomic mass is 10.0. The zero-order valence-corrected chi connectivity index (χ0v) is 20.7. The van der Waals surface area contributed by atoms with Gasteiger partial charge in [0, 0.05) is 49.6 Å². The number of nitrogens with zero attached hydrogens (tertiary/aromatic N) is 4. The van der Waals surface area contributed by atoms with Gasteiger partial charge in [-0.25, -0.2) is 22.7 Å². The molecule has 3 heterocycles. The number of nitrogens with two attached hydrogens (primary N) is 1. The summed E-state index contributed by atoms with van der Waals surface area (Å²) in [5, 5.41) is 0. The number of rotatable bonds is 5. The Morgan fingerprint density at radius 3 is 2.23 bits per heavy atom. The summed E-state index contributed by atoms with van der Waals surface area (Å²) in [6, 6.07) is 3.23. The van der Waals surface area contributed by atoms with E-state index in [9.17, 15) is 31.1 Å². The third kappa shape index (κ3) is 8.10. The van der Waals surface area contributed by atoms with Crippen LogP contribution in [-0.2, 0) is 35.0 Å². The summed E-state index contributed by atoms with van der Waals surface area (Å²) in [4.78, 5) is 43.4. The van der Waals surface area contributed by atoms with Gasteiger partial charge in [-0.15, -0.1) is 0 Å². The molecule has 3 aromatic rings. The highest BCUT2D eigenvalue weighted by atomic mass is 31.2. The smallest absolute Gasteiger partial charge is 0.335 e. The Bertz CT molecular complexity index is 1370. The lowest BCUT2D eigenvalue weighted by molar-refractivity contribution is -0.148. The topological polar surface area (TPSA) is 155 Å². The number of benzene rings is 1. The monoisotopic (exact) mass is 581 g/mol. The van der Waals surface area contributed by atoms with Crippen LogP contribution in [0.25, 0.3) is 11.3 Å². The summed E-state index contributed by atoms with van der Waals surface area (Å²) in [7, 11) is -4.64. The summed E-state index contributed by atoms with van der Waals surface area (Å²) >= 11 is 0. The molecule has 17 heteroatoms. The second-order valence-corrected chi connectivity index (χ2v) is 9.50. The molecule has 2 aromatic heterocycles. The summed E-state index contributed by atoms with van der Waals surface area (Å²) in [6.45, 7) is -0.264. The van der Waals surface area contributed by atoms with Gasteiger partial charge in [-0.2, -0.15) is 13.2 Å². The molecule has 1 amide bonds. The van der Waals surface area contributed by atoms with Crippen molar-refractivity contribution in [3.05, 3.63) is 71.2 Å². The number of phosphoric acid groups is 1. The Labute approximate surface area is 217 Å². The number of alkyl halides is 3. The van der Waals surface area contributed by atoms with Crippen molar-refractivity contribution < 1.29 is 50.4 Å². The van der Waals surface area contributed by atoms with Crippen LogP contribution < -0.4 is 5.73 Å². The normalized spacial score (nSPS) is 14.4. The van der Waals surface area contributed by atoms with Gasteiger partial charge in [0.15, 0.2) is 11.6 Å². The standard InChI is InChI=1S/C22H19F6N5O.H3O4P/c23-15-10-17(25)16(24)8-13(15)7-14(29)9-19(34)32-5-6-33-18(11-32)20(12-1-3-30-4-2-12)31-21(33)22(26,27)28;1-5(2,3)4/h1-4,8,10,14H,5-7,9,11,29H2;(H3,1,2,3,4)/t14-;/m1./s1. The molecule has 0 saturated carbocycles. The maximum absolute atomic E-state index is 13.9. The zero-order chi connectivity index (χ0) is 29.1. The van der Waals surface area contributed by atoms with Crippen molar-refractivity contribution in [3.8, 4) is 11.3 Å². The van der Waals surface area contributed by atoms with Gasteiger partial charge in [0.1, 0.15) is 5.82 Å². The van der Waals surface area contributed by atoms with E-state index in [-0.39, 0.29) is 49.4 Å². The Hall–Kier alpha value is -3.30. The zero-order valence-electron chi connectivity index (χ0n) is 19.8. The van der Waals surface area contributed by atoms with E-state index in [1.165, 1.54) is 29.4 Å². The van der Waals surface area contributed by atoms with Crippen LogP contribution in [0.3, 0.4) is 0 Å². The van der Waals surface area contributed by atoms with Gasteiger partial charge in [0.2, 0.25) is 11.7 Å². The predicted octanol–water partition coefficient (Wildman–Crippen LogP) is 2.75. The van der Waals surface area contributed by atoms with Gasteiger partial charge < -0.3 is 29.9 Å². The van der Waals surface area contributed by atoms with Gasteiger partial charge >= 0.3 is 14.0 Å². The number of hydrogen-bond donors (Lipinski definition) is 4. The highest BCUT2D eigenvalue weighted by Gasteiger charge is 2.40. The van der Waals surface area contributed by atoms with E-state index < -0.39 is 49.2 Å². The van der Waals surface area contributed by atoms with Crippen LogP contribution in [-0.4, -0.2) is 52.6 Å². The lowest BCUT2D eigenvalue weighted by Gasteiger charge is -2.30. The summed E-state index contributed by atoms with van der Waals surface area (Å²) < 4.78 is 91.0. The van der Waals surface area contributed by atoms with Crippen LogP contribution >= 0.6 is 7.82 Å². The van der Waals surface area contributed by atoms with Crippen molar-refractivity contribution in [2.24, 2.45) is 5.73 Å². The maximum atomic E-state index is 13.9. The van der Waals surface area contributed by atoms with Gasteiger partial charge in [-0.05, 0) is 30.2 Å². The average molecular weight is 581 g/mol. The number of fused-ring (bicyclic) bond motifs is 1. The van der Waals surface area contributed by atoms with Crippen molar-refractivity contribution in [3.63, 3.8) is 0 Å². The number of imidazole rings is 1. The van der Waals surface area contributed by atoms with Crippen molar-refractivity contribution in [1.29, 1.82) is 0 Å². The Morgan fingerprint density at radius 2 is 1.64 bits per heavy atom. The molecule has 1 aromatic carbocycles. The summed E-state index contributed by atoms with van der Waals surface area (Å²) in [6.07, 6.45) is -2.31. The van der Waals surface area contributed by atoms with Crippen LogP contribution in [0.4, 0.5) is 26.3 Å². The van der Waals surface area contributed by atoms with E-state index in [1.807, 2.05) is 0 Å². The first-order valence-corrected chi connectivity index (χ1v) is 12.6. The number of carbonyl (C=O) groups is 1.